The lowest BCUT2D eigenvalue weighted by atomic mass is 9.82. The summed E-state index contributed by atoms with van der Waals surface area (Å²) in [5.41, 5.74) is 3.48. The van der Waals surface area contributed by atoms with Crippen molar-refractivity contribution < 1.29 is 16.4 Å². The van der Waals surface area contributed by atoms with Crippen LogP contribution in [0.25, 0.3) is 44.5 Å². The molecule has 0 amide bonds. The van der Waals surface area contributed by atoms with Crippen LogP contribution in [-0.4, -0.2) is 8.07 Å². The van der Waals surface area contributed by atoms with Crippen molar-refractivity contribution in [1.82, 2.24) is 0 Å². The summed E-state index contributed by atoms with van der Waals surface area (Å²) < 4.78 is 108. The fraction of sp³-hybridized carbons (Fsp3) is 0.100. The van der Waals surface area contributed by atoms with E-state index in [1.165, 1.54) is 31.9 Å². The first-order valence-electron chi connectivity index (χ1n) is 27.0. The number of nitrogens with zero attached hydrogens (tertiary/aromatic N) is 1. The zero-order valence-corrected chi connectivity index (χ0v) is 34.7. The first-order valence-corrected chi connectivity index (χ1v) is 23.0. The van der Waals surface area contributed by atoms with E-state index in [-0.39, 0.29) is 22.3 Å². The molecule has 1 aliphatic heterocycles. The van der Waals surface area contributed by atoms with Crippen molar-refractivity contribution in [3.63, 3.8) is 0 Å². The Labute approximate surface area is 383 Å². The van der Waals surface area contributed by atoms with Crippen molar-refractivity contribution in [3.05, 3.63) is 235 Å². The van der Waals surface area contributed by atoms with Gasteiger partial charge in [-0.1, -0.05) is 203 Å². The summed E-state index contributed by atoms with van der Waals surface area (Å²) in [5, 5.41) is 5.15. The Balaban J connectivity index is 1.06. The zero-order chi connectivity index (χ0) is 51.8. The lowest BCUT2D eigenvalue weighted by molar-refractivity contribution is 0.660. The van der Waals surface area contributed by atoms with Gasteiger partial charge in [-0.3, -0.25) is 0 Å². The van der Waals surface area contributed by atoms with Gasteiger partial charge in [-0.2, -0.15) is 0 Å². The van der Waals surface area contributed by atoms with Gasteiger partial charge in [0.15, 0.2) is 8.07 Å². The van der Waals surface area contributed by atoms with Crippen molar-refractivity contribution in [2.24, 2.45) is 0 Å². The highest BCUT2D eigenvalue weighted by Crippen LogP contribution is 2.53. The fourth-order valence-corrected chi connectivity index (χ4v) is 15.9. The normalized spacial score (nSPS) is 18.8. The van der Waals surface area contributed by atoms with Gasteiger partial charge in [0.1, 0.15) is 0 Å². The summed E-state index contributed by atoms with van der Waals surface area (Å²) in [6.45, 7) is -12.1. The van der Waals surface area contributed by atoms with E-state index in [2.05, 4.69) is 103 Å². The summed E-state index contributed by atoms with van der Waals surface area (Å²) in [4.78, 5) is 1.82. The third-order valence-electron chi connectivity index (χ3n) is 13.5. The predicted molar refractivity (Wildman–Crippen MR) is 264 cm³/mol. The van der Waals surface area contributed by atoms with Crippen molar-refractivity contribution in [2.45, 2.75) is 38.2 Å². The zero-order valence-electron chi connectivity index (χ0n) is 45.7. The van der Waals surface area contributed by atoms with Crippen LogP contribution < -0.4 is 25.6 Å². The molecule has 0 saturated heterocycles. The second-order valence-corrected chi connectivity index (χ2v) is 20.5. The van der Waals surface area contributed by atoms with Crippen LogP contribution in [0.1, 0.15) is 66.1 Å². The maximum Gasteiger partial charge on any atom is 0.180 e. The molecule has 0 saturated carbocycles. The van der Waals surface area contributed by atoms with E-state index >= 15 is 0 Å². The van der Waals surface area contributed by atoms with E-state index in [1.54, 1.807) is 84.9 Å². The maximum absolute atomic E-state index is 8.97. The fourth-order valence-electron chi connectivity index (χ4n) is 10.7. The molecule has 0 radical (unpaired) electrons. The van der Waals surface area contributed by atoms with Crippen LogP contribution in [0.2, 0.25) is 0 Å². The number of anilines is 3. The van der Waals surface area contributed by atoms with Crippen LogP contribution in [0, 0.1) is 0 Å². The van der Waals surface area contributed by atoms with Gasteiger partial charge in [0.2, 0.25) is 0 Å². The minimum atomic E-state index is -3.03. The number of fused-ring (bicyclic) bond motifs is 9. The number of rotatable bonds is 6. The Morgan fingerprint density at radius 2 is 0.790 bits per heavy atom. The molecular formula is C60H47NSi. The molecule has 296 valence electrons. The van der Waals surface area contributed by atoms with Crippen LogP contribution in [0.5, 0.6) is 0 Å². The molecule has 9 aromatic rings. The first-order chi connectivity index (χ1) is 35.3. The van der Waals surface area contributed by atoms with E-state index < -0.39 is 46.3 Å². The minimum absolute atomic E-state index is 0.106. The molecule has 1 nitrogen and oxygen atoms in total. The summed E-state index contributed by atoms with van der Waals surface area (Å²) in [6.07, 6.45) is 0. The lowest BCUT2D eigenvalue weighted by Gasteiger charge is -2.31. The first kappa shape index (κ1) is 26.4. The lowest BCUT2D eigenvalue weighted by Crippen LogP contribution is -2.72. The maximum atomic E-state index is 8.97. The van der Waals surface area contributed by atoms with Crippen LogP contribution in [0.4, 0.5) is 17.1 Å². The largest absolute Gasteiger partial charge is 0.310 e. The summed E-state index contributed by atoms with van der Waals surface area (Å²) in [5.74, 6) is 0. The number of benzene rings is 9. The second-order valence-electron chi connectivity index (χ2n) is 16.7. The number of hydrogen-bond donors (Lipinski definition) is 0. The van der Waals surface area contributed by atoms with E-state index in [1.807, 2.05) is 29.2 Å². The topological polar surface area (TPSA) is 3.24 Å². The summed E-state index contributed by atoms with van der Waals surface area (Å²) in [7, 11) is -2.82. The van der Waals surface area contributed by atoms with Gasteiger partial charge >= 0.3 is 0 Å². The van der Waals surface area contributed by atoms with Gasteiger partial charge < -0.3 is 4.90 Å². The molecule has 62 heavy (non-hydrogen) atoms. The standard InChI is InChI=1S/C60H47NSi/c1-59(2)53-25-12-8-21-47(53)49-35-33-43(38-55(49)59)61(44-34-36-50-48-22-9-13-26-54(48)60(3,4)56(50)39-44)42-31-29-40(30-32-42)41-17-16-20-46(37-41)62(45-18-6-5-7-19-45)57-27-14-10-23-51(57)52-24-11-15-28-58(52)62/h5-39H,1-4H3/i1D3,2D3,3D3,4D3. The van der Waals surface area contributed by atoms with Crippen LogP contribution in [0.15, 0.2) is 212 Å². The molecule has 0 N–H and O–H groups in total. The molecule has 2 heteroatoms. The molecule has 12 rings (SSSR count). The molecule has 9 aromatic carbocycles. The van der Waals surface area contributed by atoms with E-state index in [4.69, 9.17) is 16.4 Å². The molecule has 0 aromatic heterocycles. The van der Waals surface area contributed by atoms with Crippen molar-refractivity contribution in [3.8, 4) is 44.5 Å². The summed E-state index contributed by atoms with van der Waals surface area (Å²) >= 11 is 0. The Bertz CT molecular complexity index is 3500. The SMILES string of the molecule is [2H]C([2H])([2H])C1(C([2H])([2H])[2H])c2ccccc2-c2ccc(N(c3ccc(-c4cccc([Si]5(c6ccccc6)c6ccccc6-c6ccccc65)c4)cc3)c3ccc4c(c3)C(C([2H])([2H])[2H])(C([2H])([2H])[2H])c3ccccc3-4)cc21. The van der Waals surface area contributed by atoms with Gasteiger partial charge in [-0.25, -0.2) is 0 Å². The van der Waals surface area contributed by atoms with Crippen LogP contribution in [0.3, 0.4) is 0 Å². The monoisotopic (exact) mass is 821 g/mol. The molecule has 0 atom stereocenters. The van der Waals surface area contributed by atoms with E-state index in [0.29, 0.717) is 39.3 Å². The number of hydrogen-bond acceptors (Lipinski definition) is 1. The van der Waals surface area contributed by atoms with Crippen LogP contribution >= 0.6 is 0 Å². The Morgan fingerprint density at radius 3 is 1.34 bits per heavy atom. The highest BCUT2D eigenvalue weighted by atomic mass is 28.3. The molecule has 3 aliphatic rings. The summed E-state index contributed by atoms with van der Waals surface area (Å²) in [6, 6.07) is 68.7. The van der Waals surface area contributed by atoms with Gasteiger partial charge in [0, 0.05) is 44.3 Å². The molecular weight excluding hydrogens is 763 g/mol. The van der Waals surface area contributed by atoms with E-state index in [0.717, 1.165) is 11.1 Å². The molecule has 0 unspecified atom stereocenters. The third-order valence-corrected chi connectivity index (χ3v) is 18.4. The molecule has 0 bridgehead atoms. The molecule has 0 spiro atoms. The highest BCUT2D eigenvalue weighted by Gasteiger charge is 2.48. The Hall–Kier alpha value is -7.00. The van der Waals surface area contributed by atoms with Gasteiger partial charge in [0.25, 0.3) is 0 Å². The molecule has 1 heterocycles. The average molecular weight is 822 g/mol. The van der Waals surface area contributed by atoms with Gasteiger partial charge in [-0.05, 0) is 124 Å². The average Bonchev–Trinajstić information content (AvgIpc) is 4.03. The smallest absolute Gasteiger partial charge is 0.180 e. The van der Waals surface area contributed by atoms with Crippen molar-refractivity contribution in [2.75, 3.05) is 4.90 Å². The highest BCUT2D eigenvalue weighted by molar-refractivity contribution is 7.22. The quantitative estimate of drug-likeness (QED) is 0.151. The van der Waals surface area contributed by atoms with Gasteiger partial charge in [0.05, 0.1) is 0 Å². The second kappa shape index (κ2) is 13.5. The molecule has 0 fully saturated rings. The minimum Gasteiger partial charge on any atom is -0.310 e. The Morgan fingerprint density at radius 1 is 0.339 bits per heavy atom. The third kappa shape index (κ3) is 5.14. The van der Waals surface area contributed by atoms with Gasteiger partial charge in [-0.15, -0.1) is 0 Å². The van der Waals surface area contributed by atoms with Crippen molar-refractivity contribution >= 4 is 45.9 Å². The van der Waals surface area contributed by atoms with Crippen molar-refractivity contribution in [1.29, 1.82) is 0 Å². The predicted octanol–water partition coefficient (Wildman–Crippen LogP) is 12.8. The Kier molecular flexibility index (Phi) is 5.74. The molecule has 2 aliphatic carbocycles. The van der Waals surface area contributed by atoms with E-state index in [9.17, 15) is 0 Å². The van der Waals surface area contributed by atoms with Crippen LogP contribution in [-0.2, 0) is 10.8 Å².